The van der Waals surface area contributed by atoms with Crippen LogP contribution in [0.2, 0.25) is 0 Å². The molecule has 0 aliphatic heterocycles. The van der Waals surface area contributed by atoms with E-state index < -0.39 is 0 Å². The fourth-order valence-corrected chi connectivity index (χ4v) is 2.21. The predicted octanol–water partition coefficient (Wildman–Crippen LogP) is 3.37. The van der Waals surface area contributed by atoms with Crippen LogP contribution >= 0.6 is 0 Å². The smallest absolute Gasteiger partial charge is 0.272 e. The maximum atomic E-state index is 13.0. The summed E-state index contributed by atoms with van der Waals surface area (Å²) in [4.78, 5) is 10.5. The molecule has 0 atom stereocenters. The molecule has 4 nitrogen and oxygen atoms in total. The van der Waals surface area contributed by atoms with E-state index in [0.29, 0.717) is 25.1 Å². The van der Waals surface area contributed by atoms with Crippen molar-refractivity contribution in [2.75, 3.05) is 6.54 Å². The summed E-state index contributed by atoms with van der Waals surface area (Å²) in [5.74, 6) is -0.234. The van der Waals surface area contributed by atoms with Gasteiger partial charge in [0, 0.05) is 18.2 Å². The summed E-state index contributed by atoms with van der Waals surface area (Å²) in [7, 11) is 0. The van der Waals surface area contributed by atoms with Crippen molar-refractivity contribution in [1.29, 1.82) is 0 Å². The van der Waals surface area contributed by atoms with E-state index in [9.17, 15) is 14.5 Å². The zero-order valence-electron chi connectivity index (χ0n) is 11.8. The number of nitrogens with zero attached hydrogens (tertiary/aromatic N) is 1. The Morgan fingerprint density at radius 2 is 2.00 bits per heavy atom. The van der Waals surface area contributed by atoms with Gasteiger partial charge in [-0.25, -0.2) is 4.39 Å². The maximum Gasteiger partial charge on any atom is 0.272 e. The van der Waals surface area contributed by atoms with Gasteiger partial charge in [0.05, 0.1) is 4.92 Å². The van der Waals surface area contributed by atoms with Gasteiger partial charge in [0.25, 0.3) is 5.69 Å². The average Bonchev–Trinajstić information content (AvgIpc) is 2.45. The lowest BCUT2D eigenvalue weighted by Crippen LogP contribution is -2.17. The van der Waals surface area contributed by atoms with E-state index in [1.54, 1.807) is 19.1 Å². The number of benzene rings is 2. The van der Waals surface area contributed by atoms with Gasteiger partial charge < -0.3 is 5.32 Å². The minimum atomic E-state index is -0.369. The van der Waals surface area contributed by atoms with E-state index in [1.165, 1.54) is 18.2 Å². The van der Waals surface area contributed by atoms with Crippen LogP contribution < -0.4 is 5.32 Å². The number of rotatable bonds is 6. The molecule has 0 fully saturated rings. The monoisotopic (exact) mass is 288 g/mol. The first kappa shape index (κ1) is 15.1. The van der Waals surface area contributed by atoms with Gasteiger partial charge in [0.1, 0.15) is 5.82 Å². The van der Waals surface area contributed by atoms with Crippen LogP contribution in [0.15, 0.2) is 42.5 Å². The van der Waals surface area contributed by atoms with Gasteiger partial charge in [-0.3, -0.25) is 10.1 Å². The number of hydrogen-bond donors (Lipinski definition) is 1. The molecule has 0 saturated carbocycles. The van der Waals surface area contributed by atoms with Crippen molar-refractivity contribution in [2.45, 2.75) is 19.9 Å². The molecular formula is C16H17FN2O2. The molecule has 2 rings (SSSR count). The molecule has 0 amide bonds. The van der Waals surface area contributed by atoms with Crippen LogP contribution in [-0.4, -0.2) is 11.5 Å². The van der Waals surface area contributed by atoms with E-state index in [-0.39, 0.29) is 16.4 Å². The fraction of sp³-hybridized carbons (Fsp3) is 0.250. The second-order valence-electron chi connectivity index (χ2n) is 4.88. The van der Waals surface area contributed by atoms with Crippen LogP contribution in [0, 0.1) is 22.9 Å². The fourth-order valence-electron chi connectivity index (χ4n) is 2.21. The van der Waals surface area contributed by atoms with Gasteiger partial charge in [-0.1, -0.05) is 24.3 Å². The highest BCUT2D eigenvalue weighted by Gasteiger charge is 2.12. The van der Waals surface area contributed by atoms with Gasteiger partial charge in [0.15, 0.2) is 0 Å². The lowest BCUT2D eigenvalue weighted by atomic mass is 10.1. The minimum Gasteiger partial charge on any atom is -0.312 e. The van der Waals surface area contributed by atoms with E-state index in [4.69, 9.17) is 0 Å². The third-order valence-corrected chi connectivity index (χ3v) is 3.41. The van der Waals surface area contributed by atoms with E-state index in [2.05, 4.69) is 5.32 Å². The Kier molecular flexibility index (Phi) is 5.00. The quantitative estimate of drug-likeness (QED) is 0.503. The Balaban J connectivity index is 1.89. The summed E-state index contributed by atoms with van der Waals surface area (Å²) >= 11 is 0. The molecule has 0 bridgehead atoms. The predicted molar refractivity (Wildman–Crippen MR) is 79.6 cm³/mol. The Bertz CT molecular complexity index is 644. The van der Waals surface area contributed by atoms with Crippen LogP contribution in [0.25, 0.3) is 0 Å². The molecule has 21 heavy (non-hydrogen) atoms. The van der Waals surface area contributed by atoms with E-state index in [1.807, 2.05) is 12.1 Å². The zero-order valence-corrected chi connectivity index (χ0v) is 11.8. The topological polar surface area (TPSA) is 55.2 Å². The van der Waals surface area contributed by atoms with Crippen molar-refractivity contribution >= 4 is 5.69 Å². The Morgan fingerprint density at radius 1 is 1.24 bits per heavy atom. The first-order valence-electron chi connectivity index (χ1n) is 6.76. The van der Waals surface area contributed by atoms with Crippen molar-refractivity contribution in [3.8, 4) is 0 Å². The number of nitro groups is 1. The Labute approximate surface area is 122 Å². The standard InChI is InChI=1S/C16H17FN2O2/c1-12-14(5-3-7-16(12)19(20)21)11-18-9-8-13-4-2-6-15(17)10-13/h2-7,10,18H,8-9,11H2,1H3. The number of hydrogen-bond acceptors (Lipinski definition) is 3. The molecule has 110 valence electrons. The van der Waals surface area contributed by atoms with Crippen LogP contribution in [0.5, 0.6) is 0 Å². The molecule has 0 aliphatic carbocycles. The molecule has 2 aromatic carbocycles. The second kappa shape index (κ2) is 6.95. The number of halogens is 1. The highest BCUT2D eigenvalue weighted by molar-refractivity contribution is 5.44. The summed E-state index contributed by atoms with van der Waals surface area (Å²) in [6.45, 7) is 3.00. The van der Waals surface area contributed by atoms with Gasteiger partial charge in [-0.2, -0.15) is 0 Å². The van der Waals surface area contributed by atoms with Crippen LogP contribution in [0.3, 0.4) is 0 Å². The van der Waals surface area contributed by atoms with Crippen LogP contribution in [-0.2, 0) is 13.0 Å². The van der Waals surface area contributed by atoms with Crippen LogP contribution in [0.1, 0.15) is 16.7 Å². The molecule has 0 heterocycles. The average molecular weight is 288 g/mol. The molecule has 5 heteroatoms. The van der Waals surface area contributed by atoms with E-state index in [0.717, 1.165) is 11.1 Å². The summed E-state index contributed by atoms with van der Waals surface area (Å²) in [5.41, 5.74) is 2.65. The molecule has 0 unspecified atom stereocenters. The molecule has 0 radical (unpaired) electrons. The van der Waals surface area contributed by atoms with Gasteiger partial charge in [0.2, 0.25) is 0 Å². The van der Waals surface area contributed by atoms with Gasteiger partial charge in [-0.05, 0) is 43.1 Å². The number of nitrogens with one attached hydrogen (secondary N) is 1. The SMILES string of the molecule is Cc1c(CNCCc2cccc(F)c2)cccc1[N+](=O)[O-]. The van der Waals surface area contributed by atoms with Gasteiger partial charge >= 0.3 is 0 Å². The zero-order chi connectivity index (χ0) is 15.2. The lowest BCUT2D eigenvalue weighted by molar-refractivity contribution is -0.385. The first-order chi connectivity index (χ1) is 10.1. The second-order valence-corrected chi connectivity index (χ2v) is 4.88. The highest BCUT2D eigenvalue weighted by Crippen LogP contribution is 2.20. The van der Waals surface area contributed by atoms with Crippen molar-refractivity contribution in [1.82, 2.24) is 5.32 Å². The summed E-state index contributed by atoms with van der Waals surface area (Å²) in [6, 6.07) is 11.6. The van der Waals surface area contributed by atoms with E-state index >= 15 is 0 Å². The normalized spacial score (nSPS) is 10.6. The molecule has 1 N–H and O–H groups in total. The third kappa shape index (κ3) is 4.10. The van der Waals surface area contributed by atoms with Crippen molar-refractivity contribution in [2.24, 2.45) is 0 Å². The van der Waals surface area contributed by atoms with Crippen molar-refractivity contribution in [3.63, 3.8) is 0 Å². The summed E-state index contributed by atoms with van der Waals surface area (Å²) in [5, 5.41) is 14.1. The molecule has 0 spiro atoms. The van der Waals surface area contributed by atoms with Gasteiger partial charge in [-0.15, -0.1) is 0 Å². The minimum absolute atomic E-state index is 0.138. The third-order valence-electron chi connectivity index (χ3n) is 3.41. The maximum absolute atomic E-state index is 13.0. The largest absolute Gasteiger partial charge is 0.312 e. The molecule has 0 aliphatic rings. The molecular weight excluding hydrogens is 271 g/mol. The molecule has 2 aromatic rings. The Morgan fingerprint density at radius 3 is 2.71 bits per heavy atom. The molecule has 0 saturated heterocycles. The highest BCUT2D eigenvalue weighted by atomic mass is 19.1. The molecule has 0 aromatic heterocycles. The number of nitro benzene ring substituents is 1. The summed E-state index contributed by atoms with van der Waals surface area (Å²) in [6.07, 6.45) is 0.714. The first-order valence-corrected chi connectivity index (χ1v) is 6.76. The lowest BCUT2D eigenvalue weighted by Gasteiger charge is -2.08. The summed E-state index contributed by atoms with van der Waals surface area (Å²) < 4.78 is 13.0. The van der Waals surface area contributed by atoms with Crippen molar-refractivity contribution in [3.05, 3.63) is 75.1 Å². The van der Waals surface area contributed by atoms with Crippen LogP contribution in [0.4, 0.5) is 10.1 Å². The van der Waals surface area contributed by atoms with Crippen molar-refractivity contribution < 1.29 is 9.31 Å². The Hall–Kier alpha value is -2.27.